The van der Waals surface area contributed by atoms with Crippen molar-refractivity contribution in [3.63, 3.8) is 0 Å². The molecule has 1 N–H and O–H groups in total. The molecular weight excluding hydrogens is 350 g/mol. The van der Waals surface area contributed by atoms with E-state index in [9.17, 15) is 14.7 Å². The molecule has 1 amide bonds. The van der Waals surface area contributed by atoms with Gasteiger partial charge in [0, 0.05) is 17.1 Å². The maximum absolute atomic E-state index is 12.5. The molecule has 1 aromatic carbocycles. The van der Waals surface area contributed by atoms with E-state index in [1.165, 1.54) is 17.2 Å². The number of aryl methyl sites for hydroxylation is 1. The lowest BCUT2D eigenvalue weighted by Gasteiger charge is -2.20. The van der Waals surface area contributed by atoms with Gasteiger partial charge in [0.2, 0.25) is 5.78 Å². The van der Waals surface area contributed by atoms with Crippen molar-refractivity contribution >= 4 is 33.3 Å². The molecule has 6 heteroatoms. The van der Waals surface area contributed by atoms with Crippen LogP contribution in [0.2, 0.25) is 0 Å². The molecule has 1 aliphatic rings. The van der Waals surface area contributed by atoms with Crippen molar-refractivity contribution in [1.82, 2.24) is 0 Å². The molecule has 1 aliphatic heterocycles. The number of benzene rings is 1. The maximum atomic E-state index is 12.5. The number of hydrogen-bond donors (Lipinski definition) is 1. The molecule has 1 aromatic heterocycles. The first kappa shape index (κ1) is 15.0. The van der Waals surface area contributed by atoms with E-state index in [2.05, 4.69) is 15.9 Å². The van der Waals surface area contributed by atoms with Crippen molar-refractivity contribution in [1.29, 1.82) is 0 Å². The second kappa shape index (κ2) is 5.07. The minimum absolute atomic E-state index is 0.129. The van der Waals surface area contributed by atoms with Crippen LogP contribution in [0.1, 0.15) is 28.1 Å². The van der Waals surface area contributed by atoms with Gasteiger partial charge in [-0.05, 0) is 46.6 Å². The van der Waals surface area contributed by atoms with Gasteiger partial charge in [-0.25, -0.2) is 0 Å². The third-order valence-electron chi connectivity index (χ3n) is 3.86. The summed E-state index contributed by atoms with van der Waals surface area (Å²) in [7, 11) is 1.58. The summed E-state index contributed by atoms with van der Waals surface area (Å²) in [6, 6.07) is 6.70. The van der Waals surface area contributed by atoms with Crippen molar-refractivity contribution in [2.24, 2.45) is 0 Å². The van der Waals surface area contributed by atoms with Crippen LogP contribution in [-0.4, -0.2) is 23.8 Å². The lowest BCUT2D eigenvalue weighted by molar-refractivity contribution is -0.135. The molecule has 22 heavy (non-hydrogen) atoms. The Morgan fingerprint density at radius 2 is 2.18 bits per heavy atom. The van der Waals surface area contributed by atoms with Gasteiger partial charge in [-0.3, -0.25) is 9.59 Å². The Hall–Kier alpha value is -1.92. The molecule has 0 saturated carbocycles. The van der Waals surface area contributed by atoms with Crippen LogP contribution in [0, 0.1) is 6.92 Å². The van der Waals surface area contributed by atoms with Crippen molar-refractivity contribution in [2.45, 2.75) is 18.9 Å². The van der Waals surface area contributed by atoms with Gasteiger partial charge in [-0.1, -0.05) is 6.07 Å². The van der Waals surface area contributed by atoms with E-state index in [1.54, 1.807) is 19.2 Å². The van der Waals surface area contributed by atoms with Gasteiger partial charge >= 0.3 is 0 Å². The van der Waals surface area contributed by atoms with Crippen LogP contribution >= 0.6 is 15.9 Å². The van der Waals surface area contributed by atoms with Gasteiger partial charge in [-0.15, -0.1) is 0 Å². The first-order valence-electron chi connectivity index (χ1n) is 6.72. The number of hydrogen-bond acceptors (Lipinski definition) is 4. The average Bonchev–Trinajstić information content (AvgIpc) is 3.03. The van der Waals surface area contributed by atoms with Gasteiger partial charge in [0.1, 0.15) is 0 Å². The summed E-state index contributed by atoms with van der Waals surface area (Å²) in [5.41, 5.74) is 0.0393. The fourth-order valence-electron chi connectivity index (χ4n) is 2.81. The lowest BCUT2D eigenvalue weighted by Crippen LogP contribution is -2.40. The topological polar surface area (TPSA) is 70.7 Å². The molecule has 1 atom stereocenters. The fraction of sp³-hybridized carbons (Fsp3) is 0.250. The Bertz CT molecular complexity index is 769. The van der Waals surface area contributed by atoms with Gasteiger partial charge < -0.3 is 14.4 Å². The molecular formula is C16H14BrNO4. The van der Waals surface area contributed by atoms with Crippen LogP contribution in [0.5, 0.6) is 0 Å². The number of ketones is 1. The molecule has 5 nitrogen and oxygen atoms in total. The number of nitrogens with zero attached hydrogens (tertiary/aromatic N) is 1. The second-order valence-corrected chi connectivity index (χ2v) is 6.30. The first-order valence-corrected chi connectivity index (χ1v) is 7.52. The zero-order valence-corrected chi connectivity index (χ0v) is 13.7. The van der Waals surface area contributed by atoms with Crippen LogP contribution in [0.15, 0.2) is 39.4 Å². The molecule has 3 rings (SSSR count). The molecule has 0 fully saturated rings. The van der Waals surface area contributed by atoms with Crippen molar-refractivity contribution in [2.75, 3.05) is 11.9 Å². The number of rotatable bonds is 3. The summed E-state index contributed by atoms with van der Waals surface area (Å²) in [6.07, 6.45) is 1.03. The third-order valence-corrected chi connectivity index (χ3v) is 4.46. The molecule has 0 aliphatic carbocycles. The normalized spacial score (nSPS) is 20.4. The van der Waals surface area contributed by atoms with Gasteiger partial charge in [0.25, 0.3) is 5.91 Å². The van der Waals surface area contributed by atoms with Gasteiger partial charge in [-0.2, -0.15) is 0 Å². The molecule has 2 heterocycles. The number of aliphatic hydroxyl groups is 1. The number of likely N-dealkylation sites (N-methyl/N-ethyl adjacent to an activating group) is 1. The van der Waals surface area contributed by atoms with Crippen molar-refractivity contribution < 1.29 is 19.1 Å². The van der Waals surface area contributed by atoms with Gasteiger partial charge in [0.05, 0.1) is 18.4 Å². The second-order valence-electron chi connectivity index (χ2n) is 5.44. The molecule has 0 radical (unpaired) electrons. The SMILES string of the molecule is Cc1cc(Br)c2c(c1)[C@](O)(CC(=O)c1ccco1)C(=O)N2C. The Balaban J connectivity index is 2.08. The fourth-order valence-corrected chi connectivity index (χ4v) is 3.65. The van der Waals surface area contributed by atoms with Crippen LogP contribution in [-0.2, 0) is 10.4 Å². The zero-order valence-electron chi connectivity index (χ0n) is 12.1. The molecule has 0 unspecified atom stereocenters. The van der Waals surface area contributed by atoms with Crippen molar-refractivity contribution in [3.8, 4) is 0 Å². The van der Waals surface area contributed by atoms with E-state index in [1.807, 2.05) is 13.0 Å². The van der Waals surface area contributed by atoms with E-state index in [0.717, 1.165) is 5.56 Å². The van der Waals surface area contributed by atoms with E-state index < -0.39 is 17.3 Å². The number of Topliss-reactive ketones (excluding diaryl/α,β-unsaturated/α-hetero) is 1. The molecule has 0 saturated heterocycles. The third kappa shape index (κ3) is 2.10. The van der Waals surface area contributed by atoms with E-state index in [-0.39, 0.29) is 12.2 Å². The van der Waals surface area contributed by atoms with E-state index in [4.69, 9.17) is 4.42 Å². The number of furan rings is 1. The standard InChI is InChI=1S/C16H14BrNO4/c1-9-6-10-14(11(17)7-9)18(2)15(20)16(10,21)8-12(19)13-4-3-5-22-13/h3-7,21H,8H2,1-2H3/t16-/m1/s1. The van der Waals surface area contributed by atoms with Crippen LogP contribution in [0.25, 0.3) is 0 Å². The summed E-state index contributed by atoms with van der Waals surface area (Å²) in [4.78, 5) is 26.2. The van der Waals surface area contributed by atoms with Crippen LogP contribution in [0.3, 0.4) is 0 Å². The van der Waals surface area contributed by atoms with Crippen molar-refractivity contribution in [3.05, 3.63) is 51.9 Å². The monoisotopic (exact) mass is 363 g/mol. The van der Waals surface area contributed by atoms with E-state index >= 15 is 0 Å². The number of halogens is 1. The summed E-state index contributed by atoms with van der Waals surface area (Å²) in [6.45, 7) is 1.86. The highest BCUT2D eigenvalue weighted by Crippen LogP contribution is 2.46. The quantitative estimate of drug-likeness (QED) is 0.851. The maximum Gasteiger partial charge on any atom is 0.263 e. The smallest absolute Gasteiger partial charge is 0.263 e. The minimum Gasteiger partial charge on any atom is -0.461 e. The minimum atomic E-state index is -1.87. The predicted octanol–water partition coefficient (Wildman–Crippen LogP) is 2.79. The van der Waals surface area contributed by atoms with Crippen LogP contribution < -0.4 is 4.90 Å². The number of carbonyl (C=O) groups excluding carboxylic acids is 2. The predicted molar refractivity (Wildman–Crippen MR) is 83.8 cm³/mol. The first-order chi connectivity index (χ1) is 10.3. The molecule has 0 bridgehead atoms. The highest BCUT2D eigenvalue weighted by atomic mass is 79.9. The summed E-state index contributed by atoms with van der Waals surface area (Å²) >= 11 is 3.41. The molecule has 114 valence electrons. The van der Waals surface area contributed by atoms with Gasteiger partial charge in [0.15, 0.2) is 11.4 Å². The molecule has 0 spiro atoms. The largest absolute Gasteiger partial charge is 0.461 e. The number of carbonyl (C=O) groups is 2. The highest BCUT2D eigenvalue weighted by Gasteiger charge is 2.50. The molecule has 2 aromatic rings. The van der Waals surface area contributed by atoms with E-state index in [0.29, 0.717) is 15.7 Å². The van der Waals surface area contributed by atoms with Crippen LogP contribution in [0.4, 0.5) is 5.69 Å². The Morgan fingerprint density at radius 3 is 2.82 bits per heavy atom. The lowest BCUT2D eigenvalue weighted by atomic mass is 9.88. The Kier molecular flexibility index (Phi) is 3.45. The highest BCUT2D eigenvalue weighted by molar-refractivity contribution is 9.10. The Labute approximate surface area is 135 Å². The number of fused-ring (bicyclic) bond motifs is 1. The average molecular weight is 364 g/mol. The summed E-state index contributed by atoms with van der Waals surface area (Å²) < 4.78 is 5.76. The number of amides is 1. The summed E-state index contributed by atoms with van der Waals surface area (Å²) in [5.74, 6) is -0.808. The zero-order chi connectivity index (χ0) is 16.1. The number of anilines is 1. The summed E-state index contributed by atoms with van der Waals surface area (Å²) in [5, 5.41) is 10.9. The Morgan fingerprint density at radius 1 is 1.45 bits per heavy atom.